The largest absolute Gasteiger partial charge is 0.409 e. The lowest BCUT2D eigenvalue weighted by Crippen LogP contribution is -2.39. The number of nitrogens with two attached hydrogens (primary N) is 1. The zero-order valence-corrected chi connectivity index (χ0v) is 12.1. The minimum absolute atomic E-state index is 0.101. The molecule has 0 spiro atoms. The smallest absolute Gasteiger partial charge is 0.172 e. The molecular weight excluding hydrogens is 262 g/mol. The van der Waals surface area contributed by atoms with Gasteiger partial charge >= 0.3 is 0 Å². The minimum Gasteiger partial charge on any atom is -0.409 e. The molecule has 4 nitrogen and oxygen atoms in total. The second-order valence-corrected chi connectivity index (χ2v) is 5.77. The fraction of sp³-hybridized carbons (Fsp3) is 0.500. The quantitative estimate of drug-likeness (QED) is 0.379. The van der Waals surface area contributed by atoms with Crippen LogP contribution in [0.1, 0.15) is 25.8 Å². The number of hydrogen-bond acceptors (Lipinski definition) is 3. The van der Waals surface area contributed by atoms with Crippen LogP contribution in [-0.4, -0.2) is 24.1 Å². The molecule has 19 heavy (non-hydrogen) atoms. The Balaban J connectivity index is 2.34. The van der Waals surface area contributed by atoms with E-state index in [-0.39, 0.29) is 5.84 Å². The molecule has 2 unspecified atom stereocenters. The maximum atomic E-state index is 8.90. The molecule has 5 heteroatoms. The first-order valence-corrected chi connectivity index (χ1v) is 6.93. The summed E-state index contributed by atoms with van der Waals surface area (Å²) in [4.78, 5) is 2.29. The molecule has 104 valence electrons. The molecule has 0 bridgehead atoms. The first-order chi connectivity index (χ1) is 9.02. The minimum atomic E-state index is 0.101. The van der Waals surface area contributed by atoms with Crippen LogP contribution < -0.4 is 10.6 Å². The van der Waals surface area contributed by atoms with E-state index in [0.29, 0.717) is 16.5 Å². The molecule has 2 atom stereocenters. The van der Waals surface area contributed by atoms with Crippen LogP contribution in [0.2, 0.25) is 5.02 Å². The summed E-state index contributed by atoms with van der Waals surface area (Å²) in [7, 11) is 0. The molecule has 0 aliphatic carbocycles. The van der Waals surface area contributed by atoms with Crippen molar-refractivity contribution in [1.29, 1.82) is 0 Å². The second kappa shape index (κ2) is 5.70. The van der Waals surface area contributed by atoms with Crippen LogP contribution in [0.3, 0.4) is 0 Å². The van der Waals surface area contributed by atoms with Crippen LogP contribution in [0.15, 0.2) is 23.4 Å². The molecule has 0 radical (unpaired) electrons. The topological polar surface area (TPSA) is 61.8 Å². The Kier molecular flexibility index (Phi) is 4.20. The van der Waals surface area contributed by atoms with Gasteiger partial charge < -0.3 is 15.8 Å². The molecule has 0 amide bonds. The first-order valence-electron chi connectivity index (χ1n) is 6.55. The summed E-state index contributed by atoms with van der Waals surface area (Å²) in [5.41, 5.74) is 7.42. The maximum absolute atomic E-state index is 8.90. The van der Waals surface area contributed by atoms with Crippen molar-refractivity contribution in [1.82, 2.24) is 0 Å². The first kappa shape index (κ1) is 14.0. The van der Waals surface area contributed by atoms with E-state index in [1.165, 1.54) is 0 Å². The van der Waals surface area contributed by atoms with Crippen molar-refractivity contribution in [2.24, 2.45) is 22.7 Å². The Morgan fingerprint density at radius 1 is 1.42 bits per heavy atom. The van der Waals surface area contributed by atoms with Crippen molar-refractivity contribution in [3.63, 3.8) is 0 Å². The molecule has 3 N–H and O–H groups in total. The summed E-state index contributed by atoms with van der Waals surface area (Å²) in [5.74, 6) is 1.46. The summed E-state index contributed by atoms with van der Waals surface area (Å²) in [6.07, 6.45) is 1.15. The number of piperidine rings is 1. The Morgan fingerprint density at radius 2 is 2.16 bits per heavy atom. The summed E-state index contributed by atoms with van der Waals surface area (Å²) < 4.78 is 0. The molecule has 1 saturated heterocycles. The average Bonchev–Trinajstić information content (AvgIpc) is 2.41. The van der Waals surface area contributed by atoms with E-state index in [9.17, 15) is 0 Å². The normalized spacial score (nSPS) is 24.6. The SMILES string of the molecule is CC1CCN(c2ccc(Cl)cc2/C(N)=N/O)CC1C. The van der Waals surface area contributed by atoms with Crippen molar-refractivity contribution in [2.75, 3.05) is 18.0 Å². The fourth-order valence-corrected chi connectivity index (χ4v) is 2.70. The predicted molar refractivity (Wildman–Crippen MR) is 79.1 cm³/mol. The van der Waals surface area contributed by atoms with Crippen LogP contribution in [0.4, 0.5) is 5.69 Å². The van der Waals surface area contributed by atoms with E-state index in [2.05, 4.69) is 23.9 Å². The summed E-state index contributed by atoms with van der Waals surface area (Å²) in [6.45, 7) is 6.51. The number of halogens is 1. The molecule has 0 saturated carbocycles. The lowest BCUT2D eigenvalue weighted by molar-refractivity contribution is 0.318. The molecule has 1 heterocycles. The summed E-state index contributed by atoms with van der Waals surface area (Å²) in [5, 5.41) is 12.6. The van der Waals surface area contributed by atoms with Gasteiger partial charge in [-0.25, -0.2) is 0 Å². The molecular formula is C14H20ClN3O. The van der Waals surface area contributed by atoms with Gasteiger partial charge in [0.25, 0.3) is 0 Å². The number of amidine groups is 1. The van der Waals surface area contributed by atoms with Crippen LogP contribution in [0.5, 0.6) is 0 Å². The van der Waals surface area contributed by atoms with Crippen LogP contribution in [0, 0.1) is 11.8 Å². The highest BCUT2D eigenvalue weighted by atomic mass is 35.5. The van der Waals surface area contributed by atoms with Gasteiger partial charge in [0.15, 0.2) is 5.84 Å². The van der Waals surface area contributed by atoms with E-state index in [0.717, 1.165) is 31.1 Å². The van der Waals surface area contributed by atoms with E-state index in [1.807, 2.05) is 12.1 Å². The number of rotatable bonds is 2. The molecule has 1 aliphatic heterocycles. The van der Waals surface area contributed by atoms with E-state index in [4.69, 9.17) is 22.5 Å². The molecule has 0 aromatic heterocycles. The summed E-state index contributed by atoms with van der Waals surface area (Å²) in [6, 6.07) is 5.53. The van der Waals surface area contributed by atoms with Gasteiger partial charge in [0.1, 0.15) is 0 Å². The average molecular weight is 282 g/mol. The second-order valence-electron chi connectivity index (χ2n) is 5.34. The predicted octanol–water partition coefficient (Wildman–Crippen LogP) is 2.92. The molecule has 1 aliphatic rings. The van der Waals surface area contributed by atoms with Gasteiger partial charge in [-0.3, -0.25) is 0 Å². The Morgan fingerprint density at radius 3 is 2.79 bits per heavy atom. The van der Waals surface area contributed by atoms with Crippen molar-refractivity contribution < 1.29 is 5.21 Å². The van der Waals surface area contributed by atoms with Crippen LogP contribution in [0.25, 0.3) is 0 Å². The van der Waals surface area contributed by atoms with Gasteiger partial charge in [-0.15, -0.1) is 0 Å². The lowest BCUT2D eigenvalue weighted by Gasteiger charge is -2.37. The Hall–Kier alpha value is -1.42. The molecule has 1 fully saturated rings. The highest BCUT2D eigenvalue weighted by molar-refractivity contribution is 6.31. The van der Waals surface area contributed by atoms with Gasteiger partial charge in [-0.1, -0.05) is 30.6 Å². The van der Waals surface area contributed by atoms with Crippen molar-refractivity contribution in [2.45, 2.75) is 20.3 Å². The van der Waals surface area contributed by atoms with Gasteiger partial charge in [0, 0.05) is 29.4 Å². The van der Waals surface area contributed by atoms with Gasteiger partial charge in [0.05, 0.1) is 0 Å². The zero-order chi connectivity index (χ0) is 14.0. The Bertz CT molecular complexity index is 490. The van der Waals surface area contributed by atoms with Gasteiger partial charge in [-0.2, -0.15) is 0 Å². The van der Waals surface area contributed by atoms with Crippen molar-refractivity contribution in [3.05, 3.63) is 28.8 Å². The fourth-order valence-electron chi connectivity index (χ4n) is 2.52. The van der Waals surface area contributed by atoms with Gasteiger partial charge in [-0.05, 0) is 36.5 Å². The number of oxime groups is 1. The van der Waals surface area contributed by atoms with Crippen LogP contribution >= 0.6 is 11.6 Å². The molecule has 2 rings (SSSR count). The number of hydrogen-bond donors (Lipinski definition) is 2. The van der Waals surface area contributed by atoms with E-state index < -0.39 is 0 Å². The van der Waals surface area contributed by atoms with Crippen molar-refractivity contribution >= 4 is 23.1 Å². The van der Waals surface area contributed by atoms with Gasteiger partial charge in [0.2, 0.25) is 0 Å². The van der Waals surface area contributed by atoms with Crippen molar-refractivity contribution in [3.8, 4) is 0 Å². The third kappa shape index (κ3) is 2.95. The number of anilines is 1. The molecule has 1 aromatic carbocycles. The number of nitrogens with zero attached hydrogens (tertiary/aromatic N) is 2. The third-order valence-electron chi connectivity index (χ3n) is 4.02. The zero-order valence-electron chi connectivity index (χ0n) is 11.3. The highest BCUT2D eigenvalue weighted by Gasteiger charge is 2.24. The Labute approximate surface area is 118 Å². The maximum Gasteiger partial charge on any atom is 0.172 e. The molecule has 1 aromatic rings. The third-order valence-corrected chi connectivity index (χ3v) is 4.25. The van der Waals surface area contributed by atoms with E-state index in [1.54, 1.807) is 6.07 Å². The lowest BCUT2D eigenvalue weighted by atomic mass is 9.88. The monoisotopic (exact) mass is 281 g/mol. The van der Waals surface area contributed by atoms with Crippen LogP contribution in [-0.2, 0) is 0 Å². The highest BCUT2D eigenvalue weighted by Crippen LogP contribution is 2.30. The van der Waals surface area contributed by atoms with E-state index >= 15 is 0 Å². The standard InChI is InChI=1S/C14H20ClN3O/c1-9-5-6-18(8-10(9)2)13-4-3-11(15)7-12(13)14(16)17-19/h3-4,7,9-10,19H,5-6,8H2,1-2H3,(H2,16,17). The summed E-state index contributed by atoms with van der Waals surface area (Å²) >= 11 is 6.00. The number of benzene rings is 1.